The van der Waals surface area contributed by atoms with E-state index in [1.54, 1.807) is 5.56 Å². The molecular weight excluding hydrogens is 901 g/mol. The molecule has 1 fully saturated rings. The summed E-state index contributed by atoms with van der Waals surface area (Å²) in [6.07, 6.45) is 33.7. The fourth-order valence-corrected chi connectivity index (χ4v) is 13.4. The molecule has 0 heteroatoms. The maximum atomic E-state index is 2.70. The van der Waals surface area contributed by atoms with E-state index < -0.39 is 0 Å². The van der Waals surface area contributed by atoms with Gasteiger partial charge in [0.1, 0.15) is 0 Å². The van der Waals surface area contributed by atoms with E-state index in [0.29, 0.717) is 0 Å². The number of aryl methyl sites for hydroxylation is 3. The molecule has 11 rings (SSSR count). The zero-order chi connectivity index (χ0) is 50.6. The van der Waals surface area contributed by atoms with Crippen molar-refractivity contribution in [3.8, 4) is 0 Å². The summed E-state index contributed by atoms with van der Waals surface area (Å²) in [5.74, 6) is 1.13. The van der Waals surface area contributed by atoms with Crippen LogP contribution in [0, 0.1) is 0 Å². The largest absolute Gasteiger partial charge is 0.0654 e. The van der Waals surface area contributed by atoms with Gasteiger partial charge in [-0.25, -0.2) is 0 Å². The molecule has 2 unspecified atom stereocenters. The summed E-state index contributed by atoms with van der Waals surface area (Å²) < 4.78 is 0. The van der Waals surface area contributed by atoms with E-state index in [1.165, 1.54) is 190 Å². The van der Waals surface area contributed by atoms with Crippen LogP contribution in [0.5, 0.6) is 0 Å². The zero-order valence-electron chi connectivity index (χ0n) is 44.8. The first-order valence-electron chi connectivity index (χ1n) is 29.3. The highest BCUT2D eigenvalue weighted by Gasteiger charge is 2.29. The Morgan fingerprint density at radius 3 is 1.40 bits per heavy atom. The fourth-order valence-electron chi connectivity index (χ4n) is 13.4. The Balaban J connectivity index is 0.923. The van der Waals surface area contributed by atoms with Gasteiger partial charge in [0.25, 0.3) is 0 Å². The third kappa shape index (κ3) is 11.9. The van der Waals surface area contributed by atoms with Crippen LogP contribution in [-0.2, 0) is 19.3 Å². The first kappa shape index (κ1) is 50.4. The number of rotatable bonds is 23. The quantitative estimate of drug-likeness (QED) is 0.0560. The summed E-state index contributed by atoms with van der Waals surface area (Å²) in [6.45, 7) is 2.32. The molecule has 0 aliphatic heterocycles. The van der Waals surface area contributed by atoms with Crippen LogP contribution in [0.25, 0.3) is 32.7 Å². The third-order valence-corrected chi connectivity index (χ3v) is 17.3. The van der Waals surface area contributed by atoms with Gasteiger partial charge in [-0.2, -0.15) is 0 Å². The van der Waals surface area contributed by atoms with Gasteiger partial charge in [0.15, 0.2) is 0 Å². The van der Waals surface area contributed by atoms with Gasteiger partial charge in [0.2, 0.25) is 0 Å². The van der Waals surface area contributed by atoms with Crippen molar-refractivity contribution in [2.75, 3.05) is 0 Å². The molecule has 0 spiro atoms. The fraction of sp³-hybridized carbons (Fsp3) is 0.307. The van der Waals surface area contributed by atoms with E-state index in [-0.39, 0.29) is 11.8 Å². The second-order valence-electron chi connectivity index (χ2n) is 22.4. The molecule has 2 atom stereocenters. The molecule has 0 heterocycles. The standard InChI is InChI=1S/C75H78/c1-2-3-4-5-6-7-12-37-62-53-73(65-47-49-67(52-65)75(60-35-15-10-16-36-60)71-45-26-40-58-32-21-23-43-69(58)71)63(38-17-8-11-27-55-28-24-41-61(50-55)56-29-18-19-30-56)54-72(62)64-46-48-66(51-64)74(59-33-13-9-14-34-59)70-44-25-39-57-31-20-22-42-68(57)70/h9-10,13-16,20-26,28,31-36,39-50,53-54,56,74-75H,2-8,11-12,17-19,27,29-30,37-38,51-52H2,1H3. The Labute approximate surface area is 450 Å². The smallest absolute Gasteiger partial charge is 0.0311 e. The van der Waals surface area contributed by atoms with Crippen molar-refractivity contribution in [2.24, 2.45) is 0 Å². The number of hydrogen-bond donors (Lipinski definition) is 0. The predicted octanol–water partition coefficient (Wildman–Crippen LogP) is 21.0. The Hall–Kier alpha value is -6.76. The Morgan fingerprint density at radius 1 is 0.400 bits per heavy atom. The molecule has 3 aliphatic carbocycles. The number of fused-ring (bicyclic) bond motifs is 2. The van der Waals surface area contributed by atoms with Gasteiger partial charge in [-0.05, 0) is 158 Å². The molecule has 8 aromatic carbocycles. The van der Waals surface area contributed by atoms with Gasteiger partial charge in [-0.15, -0.1) is 0 Å². The van der Waals surface area contributed by atoms with Crippen molar-refractivity contribution in [3.05, 3.63) is 273 Å². The van der Waals surface area contributed by atoms with Crippen LogP contribution < -0.4 is 0 Å². The highest BCUT2D eigenvalue weighted by molar-refractivity contribution is 5.89. The van der Waals surface area contributed by atoms with Crippen LogP contribution in [0.15, 0.2) is 217 Å². The van der Waals surface area contributed by atoms with E-state index in [4.69, 9.17) is 0 Å². The molecule has 0 bridgehead atoms. The highest BCUT2D eigenvalue weighted by atomic mass is 14.3. The second-order valence-corrected chi connectivity index (χ2v) is 22.4. The van der Waals surface area contributed by atoms with Gasteiger partial charge in [0, 0.05) is 11.8 Å². The van der Waals surface area contributed by atoms with Crippen molar-refractivity contribution >= 4 is 32.7 Å². The van der Waals surface area contributed by atoms with Crippen molar-refractivity contribution in [2.45, 2.75) is 147 Å². The first-order chi connectivity index (χ1) is 37.2. The van der Waals surface area contributed by atoms with E-state index in [1.807, 2.05) is 0 Å². The van der Waals surface area contributed by atoms with Crippen LogP contribution in [0.4, 0.5) is 0 Å². The Kier molecular flexibility index (Phi) is 16.6. The summed E-state index contributed by atoms with van der Waals surface area (Å²) >= 11 is 0. The lowest BCUT2D eigenvalue weighted by atomic mass is 9.79. The summed E-state index contributed by atoms with van der Waals surface area (Å²) in [6, 6.07) is 69.4. The molecule has 0 radical (unpaired) electrons. The zero-order valence-corrected chi connectivity index (χ0v) is 44.8. The Morgan fingerprint density at radius 2 is 0.853 bits per heavy atom. The molecule has 378 valence electrons. The average Bonchev–Trinajstić information content (AvgIpc) is 4.30. The number of benzene rings is 8. The molecule has 0 nitrogen and oxygen atoms in total. The van der Waals surface area contributed by atoms with Crippen LogP contribution >= 0.6 is 0 Å². The van der Waals surface area contributed by atoms with E-state index >= 15 is 0 Å². The molecule has 0 aromatic heterocycles. The third-order valence-electron chi connectivity index (χ3n) is 17.3. The molecule has 1 saturated carbocycles. The highest BCUT2D eigenvalue weighted by Crippen LogP contribution is 2.47. The molecule has 3 aliphatic rings. The SMILES string of the molecule is CCCCCCCCCc1cc(C2=CC=C(C(c3ccccc3)c3cccc4ccccc34)C2)c(CCCCCc2cccc(C3CCCC3)c2)cc1C1=CC=C(C(c2ccccc2)c2cccc3ccccc23)C1. The summed E-state index contributed by atoms with van der Waals surface area (Å²) in [5, 5.41) is 5.32. The average molecular weight is 979 g/mol. The predicted molar refractivity (Wildman–Crippen MR) is 323 cm³/mol. The minimum Gasteiger partial charge on any atom is -0.0654 e. The monoisotopic (exact) mass is 979 g/mol. The topological polar surface area (TPSA) is 0 Å². The van der Waals surface area contributed by atoms with Crippen molar-refractivity contribution in [1.29, 1.82) is 0 Å². The second kappa shape index (κ2) is 24.7. The number of unbranched alkanes of at least 4 members (excludes halogenated alkanes) is 8. The lowest BCUT2D eigenvalue weighted by Crippen LogP contribution is -2.07. The van der Waals surface area contributed by atoms with Gasteiger partial charge in [-0.3, -0.25) is 0 Å². The van der Waals surface area contributed by atoms with E-state index in [0.717, 1.165) is 31.6 Å². The maximum Gasteiger partial charge on any atom is 0.0311 e. The Bertz CT molecular complexity index is 3300. The minimum atomic E-state index is 0.181. The van der Waals surface area contributed by atoms with Crippen molar-refractivity contribution < 1.29 is 0 Å². The lowest BCUT2D eigenvalue weighted by Gasteiger charge is -2.24. The first-order valence-corrected chi connectivity index (χ1v) is 29.3. The summed E-state index contributed by atoms with van der Waals surface area (Å²) in [4.78, 5) is 0. The summed E-state index contributed by atoms with van der Waals surface area (Å²) in [5.41, 5.74) is 20.6. The molecule has 0 saturated heterocycles. The minimum absolute atomic E-state index is 0.181. The molecule has 0 amide bonds. The maximum absolute atomic E-state index is 2.70. The molecule has 8 aromatic rings. The van der Waals surface area contributed by atoms with E-state index in [9.17, 15) is 0 Å². The van der Waals surface area contributed by atoms with Crippen LogP contribution in [-0.4, -0.2) is 0 Å². The van der Waals surface area contributed by atoms with E-state index in [2.05, 4.69) is 213 Å². The van der Waals surface area contributed by atoms with Gasteiger partial charge >= 0.3 is 0 Å². The van der Waals surface area contributed by atoms with Crippen LogP contribution in [0.3, 0.4) is 0 Å². The van der Waals surface area contributed by atoms with Crippen molar-refractivity contribution in [1.82, 2.24) is 0 Å². The van der Waals surface area contributed by atoms with Crippen molar-refractivity contribution in [3.63, 3.8) is 0 Å². The normalized spacial score (nSPS) is 15.5. The van der Waals surface area contributed by atoms with Gasteiger partial charge in [-0.1, -0.05) is 282 Å². The number of allylic oxidation sites excluding steroid dienone is 8. The molecule has 0 N–H and O–H groups in total. The van der Waals surface area contributed by atoms with Gasteiger partial charge in [0.05, 0.1) is 0 Å². The summed E-state index contributed by atoms with van der Waals surface area (Å²) in [7, 11) is 0. The lowest BCUT2D eigenvalue weighted by molar-refractivity contribution is 0.589. The van der Waals surface area contributed by atoms with Crippen LogP contribution in [0.1, 0.15) is 183 Å². The van der Waals surface area contributed by atoms with Gasteiger partial charge < -0.3 is 0 Å². The number of hydrogen-bond acceptors (Lipinski definition) is 0. The molecular formula is C75H78. The molecule has 75 heavy (non-hydrogen) atoms. The van der Waals surface area contributed by atoms with Crippen LogP contribution in [0.2, 0.25) is 0 Å².